The van der Waals surface area contributed by atoms with Gasteiger partial charge >= 0.3 is 0 Å². The Bertz CT molecular complexity index is 235. The molecular weight excluding hydrogens is 236 g/mol. The average Bonchev–Trinajstić information content (AvgIpc) is 2.66. The molecule has 2 unspecified atom stereocenters. The minimum Gasteiger partial charge on any atom is -0.380 e. The van der Waals surface area contributed by atoms with Gasteiger partial charge < -0.3 is 10.5 Å². The molecule has 1 fully saturated rings. The van der Waals surface area contributed by atoms with Crippen LogP contribution in [-0.2, 0) is 4.74 Å². The largest absolute Gasteiger partial charge is 0.380 e. The zero-order valence-electron chi connectivity index (χ0n) is 13.3. The predicted molar refractivity (Wildman–Crippen MR) is 82.4 cm³/mol. The zero-order chi connectivity index (χ0) is 14.1. The molecule has 1 rings (SSSR count). The van der Waals surface area contributed by atoms with E-state index in [0.29, 0.717) is 0 Å². The highest BCUT2D eigenvalue weighted by atomic mass is 16.5. The fourth-order valence-electron chi connectivity index (χ4n) is 3.57. The molecule has 0 aliphatic heterocycles. The van der Waals surface area contributed by atoms with Crippen LogP contribution in [-0.4, -0.2) is 43.3 Å². The molecule has 3 heteroatoms. The van der Waals surface area contributed by atoms with Crippen LogP contribution >= 0.6 is 0 Å². The van der Waals surface area contributed by atoms with E-state index in [2.05, 4.69) is 25.7 Å². The fraction of sp³-hybridized carbons (Fsp3) is 1.00. The molecule has 0 aromatic heterocycles. The van der Waals surface area contributed by atoms with E-state index in [9.17, 15) is 0 Å². The summed E-state index contributed by atoms with van der Waals surface area (Å²) in [5, 5.41) is 0. The monoisotopic (exact) mass is 270 g/mol. The number of rotatable bonds is 8. The minimum absolute atomic E-state index is 0.232. The van der Waals surface area contributed by atoms with Gasteiger partial charge in [0.1, 0.15) is 0 Å². The van der Waals surface area contributed by atoms with E-state index < -0.39 is 0 Å². The summed E-state index contributed by atoms with van der Waals surface area (Å²) in [7, 11) is 0. The predicted octanol–water partition coefficient (Wildman–Crippen LogP) is 3.03. The number of nitrogens with two attached hydrogens (primary N) is 1. The highest BCUT2D eigenvalue weighted by Gasteiger charge is 2.36. The van der Waals surface area contributed by atoms with Gasteiger partial charge in [-0.1, -0.05) is 33.1 Å². The SMILES string of the molecule is CCOCCN(CC)C1(CN)CCCC(CC)CC1. The van der Waals surface area contributed by atoms with Gasteiger partial charge in [0.25, 0.3) is 0 Å². The molecule has 0 heterocycles. The highest BCUT2D eigenvalue weighted by Crippen LogP contribution is 2.35. The molecule has 1 aliphatic carbocycles. The first-order chi connectivity index (χ1) is 9.22. The molecule has 2 N–H and O–H groups in total. The topological polar surface area (TPSA) is 38.5 Å². The number of likely N-dealkylation sites (N-methyl/N-ethyl adjacent to an activating group) is 1. The Morgan fingerprint density at radius 3 is 2.58 bits per heavy atom. The lowest BCUT2D eigenvalue weighted by Gasteiger charge is -2.43. The van der Waals surface area contributed by atoms with E-state index in [-0.39, 0.29) is 5.54 Å². The Morgan fingerprint density at radius 2 is 2.00 bits per heavy atom. The van der Waals surface area contributed by atoms with Crippen LogP contribution in [0.4, 0.5) is 0 Å². The van der Waals surface area contributed by atoms with Gasteiger partial charge in [0.2, 0.25) is 0 Å². The van der Waals surface area contributed by atoms with Crippen LogP contribution in [0.25, 0.3) is 0 Å². The normalized spacial score (nSPS) is 28.6. The Morgan fingerprint density at radius 1 is 1.21 bits per heavy atom. The maximum atomic E-state index is 6.19. The second kappa shape index (κ2) is 8.93. The third-order valence-electron chi connectivity index (χ3n) is 4.99. The van der Waals surface area contributed by atoms with Gasteiger partial charge in [0.15, 0.2) is 0 Å². The standard InChI is InChI=1S/C16H34N2O/c1-4-15-8-7-10-16(14-17,11-9-15)18(5-2)12-13-19-6-3/h15H,4-14,17H2,1-3H3. The Hall–Kier alpha value is -0.120. The molecule has 0 bridgehead atoms. The first kappa shape index (κ1) is 16.9. The van der Waals surface area contributed by atoms with Gasteiger partial charge in [-0.25, -0.2) is 0 Å². The lowest BCUT2D eigenvalue weighted by Crippen LogP contribution is -2.54. The van der Waals surface area contributed by atoms with Gasteiger partial charge in [-0.3, -0.25) is 4.90 Å². The summed E-state index contributed by atoms with van der Waals surface area (Å²) in [6, 6.07) is 0. The quantitative estimate of drug-likeness (QED) is 0.544. The maximum Gasteiger partial charge on any atom is 0.0593 e. The molecular formula is C16H34N2O. The molecule has 0 amide bonds. The van der Waals surface area contributed by atoms with Gasteiger partial charge in [-0.15, -0.1) is 0 Å². The third kappa shape index (κ3) is 4.73. The molecule has 1 aliphatic rings. The van der Waals surface area contributed by atoms with Crippen LogP contribution in [0.2, 0.25) is 0 Å². The van der Waals surface area contributed by atoms with Crippen molar-refractivity contribution in [2.45, 2.75) is 64.8 Å². The Labute approximate surface area is 119 Å². The lowest BCUT2D eigenvalue weighted by atomic mass is 9.87. The number of ether oxygens (including phenoxy) is 1. The van der Waals surface area contributed by atoms with Crippen molar-refractivity contribution in [3.8, 4) is 0 Å². The summed E-state index contributed by atoms with van der Waals surface area (Å²) < 4.78 is 5.54. The van der Waals surface area contributed by atoms with Gasteiger partial charge in [-0.05, 0) is 38.6 Å². The zero-order valence-corrected chi connectivity index (χ0v) is 13.3. The molecule has 0 radical (unpaired) electrons. The smallest absolute Gasteiger partial charge is 0.0593 e. The molecule has 1 saturated carbocycles. The lowest BCUT2D eigenvalue weighted by molar-refractivity contribution is 0.0420. The van der Waals surface area contributed by atoms with Crippen molar-refractivity contribution in [3.05, 3.63) is 0 Å². The Kier molecular flexibility index (Phi) is 7.96. The van der Waals surface area contributed by atoms with Crippen molar-refractivity contribution >= 4 is 0 Å². The first-order valence-corrected chi connectivity index (χ1v) is 8.25. The van der Waals surface area contributed by atoms with E-state index in [4.69, 9.17) is 10.5 Å². The Balaban J connectivity index is 2.64. The van der Waals surface area contributed by atoms with Gasteiger partial charge in [-0.2, -0.15) is 0 Å². The maximum absolute atomic E-state index is 6.19. The van der Waals surface area contributed by atoms with Crippen LogP contribution in [0.15, 0.2) is 0 Å². The van der Waals surface area contributed by atoms with Crippen LogP contribution < -0.4 is 5.73 Å². The van der Waals surface area contributed by atoms with Crippen LogP contribution in [0.3, 0.4) is 0 Å². The summed E-state index contributed by atoms with van der Waals surface area (Å²) in [6.07, 6.45) is 7.93. The van der Waals surface area contributed by atoms with E-state index in [0.717, 1.165) is 38.8 Å². The summed E-state index contributed by atoms with van der Waals surface area (Å²) in [5.74, 6) is 0.916. The molecule has 2 atom stereocenters. The second-order valence-corrected chi connectivity index (χ2v) is 5.91. The molecule has 3 nitrogen and oxygen atoms in total. The van der Waals surface area contributed by atoms with Crippen molar-refractivity contribution in [2.75, 3.05) is 32.8 Å². The first-order valence-electron chi connectivity index (χ1n) is 8.25. The summed E-state index contributed by atoms with van der Waals surface area (Å²) in [4.78, 5) is 2.58. The molecule has 19 heavy (non-hydrogen) atoms. The molecule has 0 saturated heterocycles. The number of nitrogens with zero attached hydrogens (tertiary/aromatic N) is 1. The second-order valence-electron chi connectivity index (χ2n) is 5.91. The molecule has 114 valence electrons. The van der Waals surface area contributed by atoms with Gasteiger partial charge in [0, 0.05) is 25.2 Å². The minimum atomic E-state index is 0.232. The molecule has 0 aromatic rings. The van der Waals surface area contributed by atoms with Crippen LogP contribution in [0, 0.1) is 5.92 Å². The van der Waals surface area contributed by atoms with E-state index in [1.807, 2.05) is 0 Å². The summed E-state index contributed by atoms with van der Waals surface area (Å²) >= 11 is 0. The number of hydrogen-bond acceptors (Lipinski definition) is 3. The van der Waals surface area contributed by atoms with E-state index >= 15 is 0 Å². The molecule has 0 spiro atoms. The summed E-state index contributed by atoms with van der Waals surface area (Å²) in [5.41, 5.74) is 6.42. The van der Waals surface area contributed by atoms with Crippen molar-refractivity contribution in [1.29, 1.82) is 0 Å². The van der Waals surface area contributed by atoms with Crippen LogP contribution in [0.5, 0.6) is 0 Å². The van der Waals surface area contributed by atoms with Crippen LogP contribution in [0.1, 0.15) is 59.3 Å². The third-order valence-corrected chi connectivity index (χ3v) is 4.99. The van der Waals surface area contributed by atoms with Crippen molar-refractivity contribution in [2.24, 2.45) is 11.7 Å². The van der Waals surface area contributed by atoms with Crippen molar-refractivity contribution in [3.63, 3.8) is 0 Å². The highest BCUT2D eigenvalue weighted by molar-refractivity contribution is 4.94. The average molecular weight is 270 g/mol. The van der Waals surface area contributed by atoms with Crippen molar-refractivity contribution in [1.82, 2.24) is 4.90 Å². The van der Waals surface area contributed by atoms with Gasteiger partial charge in [0.05, 0.1) is 6.61 Å². The van der Waals surface area contributed by atoms with Crippen molar-refractivity contribution < 1.29 is 4.74 Å². The van der Waals surface area contributed by atoms with E-state index in [1.54, 1.807) is 0 Å². The molecule has 0 aromatic carbocycles. The van der Waals surface area contributed by atoms with E-state index in [1.165, 1.54) is 38.5 Å². The number of hydrogen-bond donors (Lipinski definition) is 1. The summed E-state index contributed by atoms with van der Waals surface area (Å²) in [6.45, 7) is 11.2. The fourth-order valence-corrected chi connectivity index (χ4v) is 3.57.